The number of ether oxygens (including phenoxy) is 1. The van der Waals surface area contributed by atoms with E-state index < -0.39 is 0 Å². The Hall–Kier alpha value is -1.35. The van der Waals surface area contributed by atoms with Gasteiger partial charge in [0.2, 0.25) is 0 Å². The summed E-state index contributed by atoms with van der Waals surface area (Å²) in [5.41, 5.74) is 1.80. The third-order valence-electron chi connectivity index (χ3n) is 4.40. The number of guanidine groups is 1. The number of aliphatic imine (C=N–C) groups is 1. The fourth-order valence-electron chi connectivity index (χ4n) is 2.61. The number of halogens is 1. The molecule has 0 aromatic heterocycles. The third kappa shape index (κ3) is 8.92. The first kappa shape index (κ1) is 23.7. The van der Waals surface area contributed by atoms with Gasteiger partial charge in [0.25, 0.3) is 5.91 Å². The van der Waals surface area contributed by atoms with Crippen LogP contribution in [0.4, 0.5) is 0 Å². The van der Waals surface area contributed by atoms with Gasteiger partial charge < -0.3 is 20.3 Å². The molecule has 0 unspecified atom stereocenters. The number of nitrogens with zero attached hydrogens (tertiary/aromatic N) is 2. The van der Waals surface area contributed by atoms with E-state index in [1.165, 1.54) is 12.8 Å². The molecule has 2 rings (SSSR count). The van der Waals surface area contributed by atoms with Crippen molar-refractivity contribution in [1.29, 1.82) is 0 Å². The van der Waals surface area contributed by atoms with Gasteiger partial charge in [0, 0.05) is 45.9 Å². The van der Waals surface area contributed by atoms with E-state index in [1.54, 1.807) is 7.05 Å². The van der Waals surface area contributed by atoms with Gasteiger partial charge in [-0.1, -0.05) is 12.1 Å². The van der Waals surface area contributed by atoms with Gasteiger partial charge in [0.05, 0.1) is 6.61 Å². The van der Waals surface area contributed by atoms with Gasteiger partial charge in [-0.05, 0) is 49.8 Å². The molecule has 7 heteroatoms. The van der Waals surface area contributed by atoms with Crippen LogP contribution in [0.3, 0.4) is 0 Å². The molecule has 1 aliphatic carbocycles. The first-order chi connectivity index (χ1) is 12.6. The van der Waals surface area contributed by atoms with E-state index in [-0.39, 0.29) is 29.9 Å². The van der Waals surface area contributed by atoms with Crippen molar-refractivity contribution >= 4 is 35.8 Å². The lowest BCUT2D eigenvalue weighted by atomic mass is 10.1. The number of carbonyl (C=O) groups is 1. The summed E-state index contributed by atoms with van der Waals surface area (Å²) in [5, 5.41) is 5.98. The van der Waals surface area contributed by atoms with Gasteiger partial charge >= 0.3 is 0 Å². The second-order valence-corrected chi connectivity index (χ2v) is 6.71. The van der Waals surface area contributed by atoms with Gasteiger partial charge in [-0.25, -0.2) is 0 Å². The van der Waals surface area contributed by atoms with Crippen LogP contribution in [0.1, 0.15) is 35.7 Å². The Morgan fingerprint density at radius 3 is 2.81 bits per heavy atom. The number of likely N-dealkylation sites (N-methyl/N-ethyl adjacent to an activating group) is 1. The quantitative estimate of drug-likeness (QED) is 0.230. The van der Waals surface area contributed by atoms with Crippen LogP contribution >= 0.6 is 24.0 Å². The fraction of sp³-hybridized carbons (Fsp3) is 0.600. The van der Waals surface area contributed by atoms with E-state index in [4.69, 9.17) is 9.73 Å². The molecule has 0 atom stereocenters. The van der Waals surface area contributed by atoms with Crippen LogP contribution in [-0.2, 0) is 11.2 Å². The molecular formula is C20H33IN4O2. The summed E-state index contributed by atoms with van der Waals surface area (Å²) in [4.78, 5) is 18.5. The molecule has 27 heavy (non-hydrogen) atoms. The van der Waals surface area contributed by atoms with E-state index in [9.17, 15) is 4.79 Å². The van der Waals surface area contributed by atoms with Crippen molar-refractivity contribution in [3.05, 3.63) is 35.4 Å². The highest BCUT2D eigenvalue weighted by Crippen LogP contribution is 2.28. The van der Waals surface area contributed by atoms with Crippen molar-refractivity contribution in [2.45, 2.75) is 26.2 Å². The maximum atomic E-state index is 11.7. The predicted molar refractivity (Wildman–Crippen MR) is 121 cm³/mol. The molecule has 0 radical (unpaired) electrons. The van der Waals surface area contributed by atoms with Crippen molar-refractivity contribution in [3.8, 4) is 0 Å². The summed E-state index contributed by atoms with van der Waals surface area (Å²) in [6.45, 7) is 6.02. The van der Waals surface area contributed by atoms with Gasteiger partial charge in [0.1, 0.15) is 0 Å². The average molecular weight is 488 g/mol. The second-order valence-electron chi connectivity index (χ2n) is 6.71. The highest BCUT2D eigenvalue weighted by Gasteiger charge is 2.21. The average Bonchev–Trinajstić information content (AvgIpc) is 3.48. The van der Waals surface area contributed by atoms with E-state index in [1.807, 2.05) is 31.3 Å². The van der Waals surface area contributed by atoms with Crippen LogP contribution in [0, 0.1) is 5.92 Å². The van der Waals surface area contributed by atoms with Crippen LogP contribution in [0.15, 0.2) is 29.3 Å². The standard InChI is InChI=1S/C20H32N4O2.HI/c1-4-22-20(24(3)12-13-26-15-17-8-9-17)23-11-10-16-6-5-7-18(14-16)19(25)21-2;/h5-7,14,17H,4,8-13,15H2,1-3H3,(H,21,25)(H,22,23);1H. The Morgan fingerprint density at radius 1 is 1.37 bits per heavy atom. The first-order valence-corrected chi connectivity index (χ1v) is 9.52. The minimum atomic E-state index is -0.0605. The van der Waals surface area contributed by atoms with Gasteiger partial charge in [0.15, 0.2) is 5.96 Å². The molecule has 1 fully saturated rings. The third-order valence-corrected chi connectivity index (χ3v) is 4.40. The van der Waals surface area contributed by atoms with Crippen molar-refractivity contribution in [2.24, 2.45) is 10.9 Å². The van der Waals surface area contributed by atoms with Crippen molar-refractivity contribution < 1.29 is 9.53 Å². The van der Waals surface area contributed by atoms with Gasteiger partial charge in [-0.15, -0.1) is 24.0 Å². The van der Waals surface area contributed by atoms with Crippen LogP contribution in [0.25, 0.3) is 0 Å². The number of benzene rings is 1. The molecule has 1 amide bonds. The Morgan fingerprint density at radius 2 is 2.15 bits per heavy atom. The minimum Gasteiger partial charge on any atom is -0.379 e. The molecule has 6 nitrogen and oxygen atoms in total. The summed E-state index contributed by atoms with van der Waals surface area (Å²) in [7, 11) is 3.68. The van der Waals surface area contributed by atoms with Crippen LogP contribution in [0.2, 0.25) is 0 Å². The molecule has 0 spiro atoms. The molecule has 0 heterocycles. The second kappa shape index (κ2) is 12.9. The SMILES string of the molecule is CCNC(=NCCc1cccc(C(=O)NC)c1)N(C)CCOCC1CC1.I. The van der Waals surface area contributed by atoms with Gasteiger partial charge in [-0.3, -0.25) is 9.79 Å². The number of hydrogen-bond acceptors (Lipinski definition) is 3. The summed E-state index contributed by atoms with van der Waals surface area (Å²) in [6.07, 6.45) is 3.44. The molecule has 1 saturated carbocycles. The minimum absolute atomic E-state index is 0. The fourth-order valence-corrected chi connectivity index (χ4v) is 2.61. The number of carbonyl (C=O) groups excluding carboxylic acids is 1. The van der Waals surface area contributed by atoms with E-state index in [0.717, 1.165) is 50.2 Å². The maximum Gasteiger partial charge on any atom is 0.251 e. The lowest BCUT2D eigenvalue weighted by Crippen LogP contribution is -2.40. The van der Waals surface area contributed by atoms with Gasteiger partial charge in [-0.2, -0.15) is 0 Å². The smallest absolute Gasteiger partial charge is 0.251 e. The molecule has 0 saturated heterocycles. The summed E-state index contributed by atoms with van der Waals surface area (Å²) in [5.74, 6) is 1.63. The molecular weight excluding hydrogens is 455 g/mol. The zero-order chi connectivity index (χ0) is 18.8. The first-order valence-electron chi connectivity index (χ1n) is 9.52. The summed E-state index contributed by atoms with van der Waals surface area (Å²) >= 11 is 0. The summed E-state index contributed by atoms with van der Waals surface area (Å²) in [6, 6.07) is 7.70. The lowest BCUT2D eigenvalue weighted by Gasteiger charge is -2.22. The number of rotatable bonds is 10. The van der Waals surface area contributed by atoms with Crippen LogP contribution in [-0.4, -0.2) is 63.7 Å². The van der Waals surface area contributed by atoms with E-state index >= 15 is 0 Å². The Kier molecular flexibility index (Phi) is 11.3. The number of nitrogens with one attached hydrogen (secondary N) is 2. The Balaban J connectivity index is 0.00000364. The molecule has 152 valence electrons. The number of hydrogen-bond donors (Lipinski definition) is 2. The maximum absolute atomic E-state index is 11.7. The van der Waals surface area contributed by atoms with E-state index in [2.05, 4.69) is 22.5 Å². The molecule has 1 aromatic carbocycles. The zero-order valence-corrected chi connectivity index (χ0v) is 19.0. The number of amides is 1. The monoisotopic (exact) mass is 488 g/mol. The molecule has 0 aliphatic heterocycles. The summed E-state index contributed by atoms with van der Waals surface area (Å²) < 4.78 is 5.71. The normalized spacial score (nSPS) is 13.7. The van der Waals surface area contributed by atoms with E-state index in [0.29, 0.717) is 12.1 Å². The Bertz CT molecular complexity index is 605. The largest absolute Gasteiger partial charge is 0.379 e. The molecule has 1 aromatic rings. The highest BCUT2D eigenvalue weighted by molar-refractivity contribution is 14.0. The molecule has 2 N–H and O–H groups in total. The molecule has 0 bridgehead atoms. The van der Waals surface area contributed by atoms with Crippen LogP contribution < -0.4 is 10.6 Å². The van der Waals surface area contributed by atoms with Crippen molar-refractivity contribution in [1.82, 2.24) is 15.5 Å². The zero-order valence-electron chi connectivity index (χ0n) is 16.7. The topological polar surface area (TPSA) is 66.0 Å². The predicted octanol–water partition coefficient (Wildman–Crippen LogP) is 2.53. The van der Waals surface area contributed by atoms with Crippen molar-refractivity contribution in [3.63, 3.8) is 0 Å². The molecule has 1 aliphatic rings. The van der Waals surface area contributed by atoms with Crippen LogP contribution in [0.5, 0.6) is 0 Å². The Labute approximate surface area is 180 Å². The van der Waals surface area contributed by atoms with Crippen molar-refractivity contribution in [2.75, 3.05) is 46.9 Å². The highest BCUT2D eigenvalue weighted by atomic mass is 127. The lowest BCUT2D eigenvalue weighted by molar-refractivity contribution is 0.0963.